The maximum atomic E-state index is 3.86. The van der Waals surface area contributed by atoms with E-state index in [-0.39, 0.29) is 0 Å². The summed E-state index contributed by atoms with van der Waals surface area (Å²) in [7, 11) is 0. The fourth-order valence-corrected chi connectivity index (χ4v) is 4.31. The number of hydrogen-bond acceptors (Lipinski definition) is 3. The summed E-state index contributed by atoms with van der Waals surface area (Å²) in [5.74, 6) is 1.81. The summed E-state index contributed by atoms with van der Waals surface area (Å²) in [6.45, 7) is 7.29. The first-order valence-electron chi connectivity index (χ1n) is 8.30. The van der Waals surface area contributed by atoms with E-state index in [1.165, 1.54) is 63.8 Å². The van der Waals surface area contributed by atoms with E-state index < -0.39 is 0 Å². The Labute approximate surface area is 127 Å². The SMILES string of the molecule is CCN1CC(Cc2ccsc2)CC(NCC2CCC2)C1. The lowest BCUT2D eigenvalue weighted by Gasteiger charge is -2.39. The van der Waals surface area contributed by atoms with Gasteiger partial charge in [-0.05, 0) is 73.0 Å². The predicted molar refractivity (Wildman–Crippen MR) is 87.4 cm³/mol. The summed E-state index contributed by atoms with van der Waals surface area (Å²) >= 11 is 1.83. The molecule has 1 saturated heterocycles. The Balaban J connectivity index is 1.51. The van der Waals surface area contributed by atoms with E-state index in [0.717, 1.165) is 11.8 Å². The molecule has 1 aliphatic heterocycles. The molecule has 0 radical (unpaired) electrons. The van der Waals surface area contributed by atoms with Crippen LogP contribution < -0.4 is 5.32 Å². The molecule has 112 valence electrons. The van der Waals surface area contributed by atoms with Gasteiger partial charge >= 0.3 is 0 Å². The van der Waals surface area contributed by atoms with Crippen molar-refractivity contribution in [3.63, 3.8) is 0 Å². The number of likely N-dealkylation sites (tertiary alicyclic amines) is 1. The van der Waals surface area contributed by atoms with Crippen LogP contribution in [0.25, 0.3) is 0 Å². The molecule has 1 aromatic heterocycles. The molecule has 2 nitrogen and oxygen atoms in total. The lowest BCUT2D eigenvalue weighted by atomic mass is 9.84. The Bertz CT molecular complexity index is 386. The van der Waals surface area contributed by atoms with E-state index in [4.69, 9.17) is 0 Å². The minimum atomic E-state index is 0.716. The Morgan fingerprint density at radius 3 is 2.85 bits per heavy atom. The fraction of sp³-hybridized carbons (Fsp3) is 0.765. The van der Waals surface area contributed by atoms with Crippen molar-refractivity contribution in [1.82, 2.24) is 10.2 Å². The van der Waals surface area contributed by atoms with Crippen molar-refractivity contribution < 1.29 is 0 Å². The second kappa shape index (κ2) is 7.06. The molecule has 2 heterocycles. The van der Waals surface area contributed by atoms with Crippen LogP contribution in [0.2, 0.25) is 0 Å². The molecular formula is C17H28N2S. The van der Waals surface area contributed by atoms with E-state index >= 15 is 0 Å². The van der Waals surface area contributed by atoms with Crippen LogP contribution in [0, 0.1) is 11.8 Å². The maximum Gasteiger partial charge on any atom is 0.0198 e. The molecule has 0 aromatic carbocycles. The first kappa shape index (κ1) is 14.6. The highest BCUT2D eigenvalue weighted by molar-refractivity contribution is 7.07. The topological polar surface area (TPSA) is 15.3 Å². The first-order valence-corrected chi connectivity index (χ1v) is 9.24. The number of thiophene rings is 1. The van der Waals surface area contributed by atoms with E-state index in [0.29, 0.717) is 6.04 Å². The van der Waals surface area contributed by atoms with Gasteiger partial charge in [-0.3, -0.25) is 0 Å². The van der Waals surface area contributed by atoms with Crippen molar-refractivity contribution in [3.8, 4) is 0 Å². The smallest absolute Gasteiger partial charge is 0.0198 e. The van der Waals surface area contributed by atoms with Crippen LogP contribution in [0.5, 0.6) is 0 Å². The van der Waals surface area contributed by atoms with Gasteiger partial charge in [-0.25, -0.2) is 0 Å². The van der Waals surface area contributed by atoms with Gasteiger partial charge in [0.1, 0.15) is 0 Å². The molecule has 20 heavy (non-hydrogen) atoms. The van der Waals surface area contributed by atoms with Crippen molar-refractivity contribution in [1.29, 1.82) is 0 Å². The quantitative estimate of drug-likeness (QED) is 0.864. The van der Waals surface area contributed by atoms with Gasteiger partial charge in [-0.15, -0.1) is 0 Å². The lowest BCUT2D eigenvalue weighted by molar-refractivity contribution is 0.140. The largest absolute Gasteiger partial charge is 0.312 e. The molecule has 1 aliphatic carbocycles. The second-order valence-corrected chi connectivity index (χ2v) is 7.47. The van der Waals surface area contributed by atoms with Crippen molar-refractivity contribution in [2.75, 3.05) is 26.2 Å². The zero-order valence-electron chi connectivity index (χ0n) is 12.7. The van der Waals surface area contributed by atoms with Gasteiger partial charge in [0.05, 0.1) is 0 Å². The van der Waals surface area contributed by atoms with Gasteiger partial charge in [0, 0.05) is 19.1 Å². The number of likely N-dealkylation sites (N-methyl/N-ethyl adjacent to an activating group) is 1. The summed E-state index contributed by atoms with van der Waals surface area (Å²) in [4.78, 5) is 2.64. The highest BCUT2D eigenvalue weighted by Gasteiger charge is 2.27. The highest BCUT2D eigenvalue weighted by atomic mass is 32.1. The van der Waals surface area contributed by atoms with Gasteiger partial charge in [0.15, 0.2) is 0 Å². The average molecular weight is 292 g/mol. The van der Waals surface area contributed by atoms with Crippen LogP contribution in [0.3, 0.4) is 0 Å². The van der Waals surface area contributed by atoms with E-state index in [2.05, 4.69) is 34.0 Å². The lowest BCUT2D eigenvalue weighted by Crippen LogP contribution is -2.50. The van der Waals surface area contributed by atoms with Crippen LogP contribution in [0.1, 0.15) is 38.2 Å². The van der Waals surface area contributed by atoms with Gasteiger partial charge in [0.2, 0.25) is 0 Å². The Morgan fingerprint density at radius 1 is 1.30 bits per heavy atom. The number of piperidine rings is 1. The molecule has 2 atom stereocenters. The Hall–Kier alpha value is -0.380. The van der Waals surface area contributed by atoms with Crippen molar-refractivity contribution >= 4 is 11.3 Å². The van der Waals surface area contributed by atoms with Crippen LogP contribution in [0.15, 0.2) is 16.8 Å². The third-order valence-corrected chi connectivity index (χ3v) is 5.82. The van der Waals surface area contributed by atoms with Crippen molar-refractivity contribution in [2.24, 2.45) is 11.8 Å². The molecule has 1 N–H and O–H groups in total. The summed E-state index contributed by atoms with van der Waals surface area (Å²) < 4.78 is 0. The zero-order chi connectivity index (χ0) is 13.8. The zero-order valence-corrected chi connectivity index (χ0v) is 13.5. The fourth-order valence-electron chi connectivity index (χ4n) is 3.63. The van der Waals surface area contributed by atoms with Crippen LogP contribution >= 0.6 is 11.3 Å². The molecule has 1 saturated carbocycles. The molecule has 0 spiro atoms. The van der Waals surface area contributed by atoms with Crippen LogP contribution in [0.4, 0.5) is 0 Å². The average Bonchev–Trinajstić information content (AvgIpc) is 2.89. The normalized spacial score (nSPS) is 28.4. The Kier molecular flexibility index (Phi) is 5.14. The summed E-state index contributed by atoms with van der Waals surface area (Å²) in [5, 5.41) is 8.39. The van der Waals surface area contributed by atoms with Gasteiger partial charge < -0.3 is 10.2 Å². The molecule has 2 fully saturated rings. The monoisotopic (exact) mass is 292 g/mol. The molecule has 0 amide bonds. The molecule has 0 bridgehead atoms. The van der Waals surface area contributed by atoms with Crippen molar-refractivity contribution in [2.45, 2.75) is 45.1 Å². The molecular weight excluding hydrogens is 264 g/mol. The van der Waals surface area contributed by atoms with E-state index in [1.807, 2.05) is 11.3 Å². The van der Waals surface area contributed by atoms with Gasteiger partial charge in [-0.1, -0.05) is 13.3 Å². The van der Waals surface area contributed by atoms with Gasteiger partial charge in [0.25, 0.3) is 0 Å². The molecule has 1 aromatic rings. The third kappa shape index (κ3) is 3.84. The minimum absolute atomic E-state index is 0.716. The summed E-state index contributed by atoms with van der Waals surface area (Å²) in [5.41, 5.74) is 1.54. The predicted octanol–water partition coefficient (Wildman–Crippen LogP) is 3.39. The van der Waals surface area contributed by atoms with E-state index in [9.17, 15) is 0 Å². The standard InChI is InChI=1S/C17H28N2S/c1-2-19-11-16(8-15-6-7-20-13-15)9-17(12-19)18-10-14-4-3-5-14/h6-7,13-14,16-18H,2-5,8-12H2,1H3. The Morgan fingerprint density at radius 2 is 2.20 bits per heavy atom. The summed E-state index contributed by atoms with van der Waals surface area (Å²) in [6, 6.07) is 3.01. The number of hydrogen-bond donors (Lipinski definition) is 1. The molecule has 3 heteroatoms. The van der Waals surface area contributed by atoms with Crippen LogP contribution in [-0.4, -0.2) is 37.1 Å². The van der Waals surface area contributed by atoms with E-state index in [1.54, 1.807) is 0 Å². The summed E-state index contributed by atoms with van der Waals surface area (Å²) in [6.07, 6.45) is 6.99. The molecule has 2 aliphatic rings. The minimum Gasteiger partial charge on any atom is -0.312 e. The number of nitrogens with one attached hydrogen (secondary N) is 1. The van der Waals surface area contributed by atoms with Gasteiger partial charge in [-0.2, -0.15) is 11.3 Å². The molecule has 3 rings (SSSR count). The second-order valence-electron chi connectivity index (χ2n) is 6.69. The number of rotatable bonds is 6. The van der Waals surface area contributed by atoms with Crippen LogP contribution in [-0.2, 0) is 6.42 Å². The first-order chi connectivity index (χ1) is 9.83. The third-order valence-electron chi connectivity index (χ3n) is 5.08. The molecule has 2 unspecified atom stereocenters. The maximum absolute atomic E-state index is 3.86. The number of nitrogens with zero attached hydrogens (tertiary/aromatic N) is 1. The van der Waals surface area contributed by atoms with Crippen molar-refractivity contribution in [3.05, 3.63) is 22.4 Å². The highest BCUT2D eigenvalue weighted by Crippen LogP contribution is 2.27.